The monoisotopic (exact) mass is 524 g/mol. The molecule has 5 nitrogen and oxygen atoms in total. The lowest BCUT2D eigenvalue weighted by molar-refractivity contribution is 0.0697. The SMILES string of the molecule is CCCCCCc1nc2cc(CCC)c(=O)c(CCC)cc2n1Cc1ccc(-c2ccccc2C(=O)O)cc1. The van der Waals surface area contributed by atoms with Crippen LogP contribution in [0.25, 0.3) is 22.2 Å². The van der Waals surface area contributed by atoms with Gasteiger partial charge in [0.25, 0.3) is 0 Å². The summed E-state index contributed by atoms with van der Waals surface area (Å²) in [5, 5.41) is 9.61. The number of fused-ring (bicyclic) bond motifs is 1. The number of aromatic carboxylic acids is 1. The molecular weight excluding hydrogens is 484 g/mol. The molecule has 0 atom stereocenters. The minimum atomic E-state index is -0.928. The third-order valence-electron chi connectivity index (χ3n) is 7.38. The number of imidazole rings is 1. The molecule has 0 fully saturated rings. The van der Waals surface area contributed by atoms with Gasteiger partial charge in [0.15, 0.2) is 5.43 Å². The summed E-state index contributed by atoms with van der Waals surface area (Å²) in [7, 11) is 0. The smallest absolute Gasteiger partial charge is 0.336 e. The average Bonchev–Trinajstić information content (AvgIpc) is 3.19. The van der Waals surface area contributed by atoms with Crippen molar-refractivity contribution >= 4 is 17.0 Å². The molecule has 1 heterocycles. The quantitative estimate of drug-likeness (QED) is 0.181. The summed E-state index contributed by atoms with van der Waals surface area (Å²) in [5.74, 6) is 0.133. The van der Waals surface area contributed by atoms with Crippen LogP contribution in [0.3, 0.4) is 0 Å². The minimum Gasteiger partial charge on any atom is -0.478 e. The summed E-state index contributed by atoms with van der Waals surface area (Å²) in [5.41, 5.74) is 6.81. The van der Waals surface area contributed by atoms with Gasteiger partial charge in [-0.3, -0.25) is 4.79 Å². The van der Waals surface area contributed by atoms with Crippen molar-refractivity contribution in [3.05, 3.63) is 99.0 Å². The maximum absolute atomic E-state index is 13.3. The van der Waals surface area contributed by atoms with Crippen LogP contribution in [-0.2, 0) is 25.8 Å². The highest BCUT2D eigenvalue weighted by atomic mass is 16.4. The molecule has 0 saturated heterocycles. The fraction of sp³-hybridized carbons (Fsp3) is 0.382. The Morgan fingerprint density at radius 2 is 1.51 bits per heavy atom. The van der Waals surface area contributed by atoms with E-state index < -0.39 is 5.97 Å². The molecule has 0 aliphatic heterocycles. The van der Waals surface area contributed by atoms with E-state index in [0.717, 1.165) is 77.6 Å². The Bertz CT molecular complexity index is 1490. The molecule has 204 valence electrons. The van der Waals surface area contributed by atoms with Gasteiger partial charge in [-0.1, -0.05) is 95.3 Å². The van der Waals surface area contributed by atoms with Crippen molar-refractivity contribution in [2.75, 3.05) is 0 Å². The molecule has 0 spiro atoms. The molecule has 0 radical (unpaired) electrons. The van der Waals surface area contributed by atoms with E-state index >= 15 is 0 Å². The van der Waals surface area contributed by atoms with E-state index in [1.807, 2.05) is 30.3 Å². The number of carbonyl (C=O) groups is 1. The summed E-state index contributed by atoms with van der Waals surface area (Å²) in [4.78, 5) is 30.1. The molecule has 1 aromatic heterocycles. The van der Waals surface area contributed by atoms with Crippen molar-refractivity contribution < 1.29 is 9.90 Å². The highest BCUT2D eigenvalue weighted by molar-refractivity contribution is 5.96. The van der Waals surface area contributed by atoms with E-state index in [1.54, 1.807) is 12.1 Å². The summed E-state index contributed by atoms with van der Waals surface area (Å²) in [6, 6.07) is 19.3. The fourth-order valence-corrected chi connectivity index (χ4v) is 5.34. The number of rotatable bonds is 13. The number of carboxylic acid groups (broad SMARTS) is 1. The van der Waals surface area contributed by atoms with E-state index in [9.17, 15) is 14.7 Å². The van der Waals surface area contributed by atoms with Crippen LogP contribution in [0, 0.1) is 0 Å². The number of carboxylic acids is 1. The van der Waals surface area contributed by atoms with E-state index in [2.05, 4.69) is 43.5 Å². The fourth-order valence-electron chi connectivity index (χ4n) is 5.34. The predicted molar refractivity (Wildman–Crippen MR) is 160 cm³/mol. The second-order valence-corrected chi connectivity index (χ2v) is 10.4. The summed E-state index contributed by atoms with van der Waals surface area (Å²) >= 11 is 0. The number of aryl methyl sites for hydroxylation is 3. The van der Waals surface area contributed by atoms with Crippen LogP contribution in [0.15, 0.2) is 65.5 Å². The molecule has 39 heavy (non-hydrogen) atoms. The van der Waals surface area contributed by atoms with Gasteiger partial charge in [-0.2, -0.15) is 0 Å². The Kier molecular flexibility index (Phi) is 9.69. The number of unbranched alkanes of at least 4 members (excludes halogenated alkanes) is 3. The Morgan fingerprint density at radius 1 is 0.821 bits per heavy atom. The lowest BCUT2D eigenvalue weighted by Crippen LogP contribution is -2.11. The van der Waals surface area contributed by atoms with Crippen LogP contribution < -0.4 is 5.43 Å². The largest absolute Gasteiger partial charge is 0.478 e. The van der Waals surface area contributed by atoms with Crippen LogP contribution in [0.2, 0.25) is 0 Å². The second-order valence-electron chi connectivity index (χ2n) is 10.4. The Balaban J connectivity index is 1.77. The zero-order chi connectivity index (χ0) is 27.8. The highest BCUT2D eigenvalue weighted by Crippen LogP contribution is 2.26. The normalized spacial score (nSPS) is 11.3. The molecule has 4 aromatic rings. The molecule has 1 N–H and O–H groups in total. The van der Waals surface area contributed by atoms with Gasteiger partial charge in [0.05, 0.1) is 16.6 Å². The lowest BCUT2D eigenvalue weighted by Gasteiger charge is -2.11. The van der Waals surface area contributed by atoms with Crippen LogP contribution in [-0.4, -0.2) is 20.6 Å². The zero-order valence-electron chi connectivity index (χ0n) is 23.5. The first-order chi connectivity index (χ1) is 19.0. The molecule has 0 aliphatic carbocycles. The Morgan fingerprint density at radius 3 is 2.18 bits per heavy atom. The van der Waals surface area contributed by atoms with Crippen LogP contribution in [0.1, 0.15) is 92.2 Å². The average molecular weight is 525 g/mol. The van der Waals surface area contributed by atoms with E-state index in [4.69, 9.17) is 4.98 Å². The molecule has 4 rings (SSSR count). The summed E-state index contributed by atoms with van der Waals surface area (Å²) < 4.78 is 2.29. The molecular formula is C34H40N2O3. The van der Waals surface area contributed by atoms with Crippen LogP contribution in [0.4, 0.5) is 0 Å². The predicted octanol–water partition coefficient (Wildman–Crippen LogP) is 7.84. The van der Waals surface area contributed by atoms with Crippen molar-refractivity contribution in [3.63, 3.8) is 0 Å². The third-order valence-corrected chi connectivity index (χ3v) is 7.38. The first-order valence-corrected chi connectivity index (χ1v) is 14.4. The Labute approximate surface area is 231 Å². The van der Waals surface area contributed by atoms with E-state index in [1.165, 1.54) is 19.3 Å². The second kappa shape index (κ2) is 13.4. The number of aromatic nitrogens is 2. The topological polar surface area (TPSA) is 72.2 Å². The van der Waals surface area contributed by atoms with Gasteiger partial charge in [-0.15, -0.1) is 0 Å². The van der Waals surface area contributed by atoms with Crippen molar-refractivity contribution in [2.24, 2.45) is 0 Å². The van der Waals surface area contributed by atoms with Gasteiger partial charge in [0.1, 0.15) is 5.82 Å². The number of nitrogens with zero attached hydrogens (tertiary/aromatic N) is 2. The summed E-state index contributed by atoms with van der Waals surface area (Å²) in [6.45, 7) is 7.09. The van der Waals surface area contributed by atoms with Gasteiger partial charge >= 0.3 is 5.97 Å². The number of benzene rings is 2. The molecule has 0 saturated carbocycles. The first kappa shape index (κ1) is 28.3. The molecule has 0 aliphatic rings. The lowest BCUT2D eigenvalue weighted by atomic mass is 9.99. The van der Waals surface area contributed by atoms with Crippen LogP contribution in [0.5, 0.6) is 0 Å². The van der Waals surface area contributed by atoms with E-state index in [0.29, 0.717) is 17.7 Å². The number of hydrogen-bond donors (Lipinski definition) is 1. The number of hydrogen-bond acceptors (Lipinski definition) is 3. The van der Waals surface area contributed by atoms with Crippen molar-refractivity contribution in [1.82, 2.24) is 9.55 Å². The highest BCUT2D eigenvalue weighted by Gasteiger charge is 2.15. The van der Waals surface area contributed by atoms with E-state index in [-0.39, 0.29) is 5.43 Å². The molecule has 5 heteroatoms. The minimum absolute atomic E-state index is 0.161. The summed E-state index contributed by atoms with van der Waals surface area (Å²) in [6.07, 6.45) is 8.94. The van der Waals surface area contributed by atoms with Crippen molar-refractivity contribution in [2.45, 2.75) is 85.1 Å². The standard InChI is InChI=1S/C34H40N2O3/c1-4-7-8-9-16-32-35-30-21-26(12-5-2)33(37)27(13-6-3)22-31(30)36(32)23-24-17-19-25(20-18-24)28-14-10-11-15-29(28)34(38)39/h10-11,14-15,17-22H,4-9,12-13,16,23H2,1-3H3,(H,38,39). The maximum Gasteiger partial charge on any atom is 0.336 e. The van der Waals surface area contributed by atoms with Gasteiger partial charge in [-0.05, 0) is 54.2 Å². The molecule has 0 bridgehead atoms. The molecule has 0 unspecified atom stereocenters. The molecule has 3 aromatic carbocycles. The maximum atomic E-state index is 13.3. The van der Waals surface area contributed by atoms with Crippen LogP contribution >= 0.6 is 0 Å². The molecule has 0 amide bonds. The van der Waals surface area contributed by atoms with Gasteiger partial charge < -0.3 is 9.67 Å². The van der Waals surface area contributed by atoms with Gasteiger partial charge in [0.2, 0.25) is 0 Å². The van der Waals surface area contributed by atoms with Gasteiger partial charge in [-0.25, -0.2) is 9.78 Å². The van der Waals surface area contributed by atoms with Gasteiger partial charge in [0, 0.05) is 24.1 Å². The third kappa shape index (κ3) is 6.65. The van der Waals surface area contributed by atoms with Crippen molar-refractivity contribution in [3.8, 4) is 11.1 Å². The zero-order valence-corrected chi connectivity index (χ0v) is 23.5. The Hall–Kier alpha value is -3.73. The first-order valence-electron chi connectivity index (χ1n) is 14.4. The van der Waals surface area contributed by atoms with Crippen molar-refractivity contribution in [1.29, 1.82) is 0 Å².